The molecule has 9 nitrogen and oxygen atoms in total. The topological polar surface area (TPSA) is 124 Å². The van der Waals surface area contributed by atoms with Gasteiger partial charge >= 0.3 is 0 Å². The summed E-state index contributed by atoms with van der Waals surface area (Å²) in [5.74, 6) is -2.94. The lowest BCUT2D eigenvalue weighted by Crippen LogP contribution is -2.64. The van der Waals surface area contributed by atoms with Gasteiger partial charge in [0.15, 0.2) is 0 Å². The lowest BCUT2D eigenvalue weighted by atomic mass is 9.96. The van der Waals surface area contributed by atoms with Gasteiger partial charge in [0, 0.05) is 17.4 Å². The first-order valence-corrected chi connectivity index (χ1v) is 7.62. The van der Waals surface area contributed by atoms with Crippen molar-refractivity contribution in [2.45, 2.75) is 26.8 Å². The minimum Gasteiger partial charge on any atom is -0.275 e. The summed E-state index contributed by atoms with van der Waals surface area (Å²) in [4.78, 5) is 54.0. The van der Waals surface area contributed by atoms with Gasteiger partial charge in [0.2, 0.25) is 11.8 Å². The fourth-order valence-corrected chi connectivity index (χ4v) is 2.72. The summed E-state index contributed by atoms with van der Waals surface area (Å²) in [6.07, 6.45) is 0. The first-order chi connectivity index (χ1) is 11.8. The van der Waals surface area contributed by atoms with Crippen molar-refractivity contribution in [2.24, 2.45) is 11.0 Å². The molecule has 1 aromatic rings. The Balaban J connectivity index is 2.51. The summed E-state index contributed by atoms with van der Waals surface area (Å²) in [6.45, 7) is 4.06. The normalized spacial score (nSPS) is 17.5. The summed E-state index contributed by atoms with van der Waals surface area (Å²) in [7, 11) is 0. The summed E-state index contributed by atoms with van der Waals surface area (Å²) >= 11 is 0. The van der Waals surface area contributed by atoms with E-state index in [9.17, 15) is 19.2 Å². The molecule has 0 aromatic heterocycles. The average Bonchev–Trinajstić information content (AvgIpc) is 2.55. The highest BCUT2D eigenvalue weighted by molar-refractivity contribution is 6.15. The van der Waals surface area contributed by atoms with E-state index in [4.69, 9.17) is 5.53 Å². The maximum absolute atomic E-state index is 12.9. The molecule has 4 amide bonds. The van der Waals surface area contributed by atoms with Crippen molar-refractivity contribution in [3.8, 4) is 0 Å². The molecule has 1 aliphatic rings. The molecule has 9 heteroatoms. The highest BCUT2D eigenvalue weighted by Crippen LogP contribution is 2.26. The molecule has 1 heterocycles. The van der Waals surface area contributed by atoms with Crippen molar-refractivity contribution in [1.29, 1.82) is 0 Å². The van der Waals surface area contributed by atoms with Crippen LogP contribution in [0.15, 0.2) is 29.4 Å². The Kier molecular flexibility index (Phi) is 5.19. The van der Waals surface area contributed by atoms with Gasteiger partial charge in [0.25, 0.3) is 11.8 Å². The van der Waals surface area contributed by atoms with E-state index >= 15 is 0 Å². The van der Waals surface area contributed by atoms with Crippen molar-refractivity contribution in [3.63, 3.8) is 0 Å². The van der Waals surface area contributed by atoms with Crippen molar-refractivity contribution in [3.05, 3.63) is 40.3 Å². The van der Waals surface area contributed by atoms with E-state index in [-0.39, 0.29) is 11.3 Å². The van der Waals surface area contributed by atoms with Crippen molar-refractivity contribution in [2.75, 3.05) is 6.54 Å². The van der Waals surface area contributed by atoms with Crippen molar-refractivity contribution >= 4 is 29.3 Å². The van der Waals surface area contributed by atoms with Crippen LogP contribution in [0.5, 0.6) is 0 Å². The average molecular weight is 343 g/mol. The highest BCUT2D eigenvalue weighted by Gasteiger charge is 2.45. The Morgan fingerprint density at radius 1 is 1.28 bits per heavy atom. The minimum atomic E-state index is -1.10. The fourth-order valence-electron chi connectivity index (χ4n) is 2.72. The third-order valence-electron chi connectivity index (χ3n) is 3.88. The van der Waals surface area contributed by atoms with E-state index < -0.39 is 42.1 Å². The predicted molar refractivity (Wildman–Crippen MR) is 87.4 cm³/mol. The van der Waals surface area contributed by atoms with Crippen LogP contribution in [0.3, 0.4) is 0 Å². The van der Waals surface area contributed by atoms with Crippen LogP contribution in [0.25, 0.3) is 10.4 Å². The maximum Gasteiger partial charge on any atom is 0.261 e. The molecule has 0 saturated carbocycles. The molecule has 2 rings (SSSR count). The molecule has 1 aliphatic heterocycles. The molecule has 0 N–H and O–H groups in total. The lowest BCUT2D eigenvalue weighted by Gasteiger charge is -2.39. The van der Waals surface area contributed by atoms with Crippen LogP contribution in [0, 0.1) is 5.92 Å². The smallest absolute Gasteiger partial charge is 0.261 e. The Morgan fingerprint density at radius 3 is 2.48 bits per heavy atom. The van der Waals surface area contributed by atoms with E-state index in [1.165, 1.54) is 19.1 Å². The van der Waals surface area contributed by atoms with E-state index in [0.717, 1.165) is 9.80 Å². The first kappa shape index (κ1) is 18.2. The van der Waals surface area contributed by atoms with Crippen molar-refractivity contribution < 1.29 is 19.2 Å². The SMILES string of the molecule is CC(=O)N1CC(=O)N(C(=O)c2ccccc2N=[N+]=[N-])[C@@H](C(C)C)C1=O. The Labute approximate surface area is 143 Å². The Morgan fingerprint density at radius 2 is 1.92 bits per heavy atom. The summed E-state index contributed by atoms with van der Waals surface area (Å²) in [5.41, 5.74) is 8.71. The molecule has 1 fully saturated rings. The standard InChI is InChI=1S/C16H17N5O4/c1-9(2)14-16(25)20(10(3)22)8-13(23)21(14)15(24)11-6-4-5-7-12(11)18-19-17/h4-7,9,14H,8H2,1-3H3/t14-/m0/s1. The molecule has 130 valence electrons. The molecule has 1 aromatic carbocycles. The number of amides is 4. The number of hydrogen-bond acceptors (Lipinski definition) is 5. The number of rotatable bonds is 3. The number of piperazine rings is 1. The second-order valence-electron chi connectivity index (χ2n) is 5.91. The van der Waals surface area contributed by atoms with Gasteiger partial charge in [0.1, 0.15) is 12.6 Å². The third-order valence-corrected chi connectivity index (χ3v) is 3.88. The van der Waals surface area contributed by atoms with Gasteiger partial charge in [-0.2, -0.15) is 0 Å². The molecular weight excluding hydrogens is 326 g/mol. The van der Waals surface area contributed by atoms with E-state index in [1.54, 1.807) is 26.0 Å². The molecule has 0 aliphatic carbocycles. The zero-order valence-corrected chi connectivity index (χ0v) is 14.0. The first-order valence-electron chi connectivity index (χ1n) is 7.62. The molecule has 0 bridgehead atoms. The van der Waals surface area contributed by atoms with E-state index in [0.29, 0.717) is 0 Å². The largest absolute Gasteiger partial charge is 0.275 e. The Bertz CT molecular complexity index is 797. The van der Waals surface area contributed by atoms with Gasteiger partial charge in [-0.25, -0.2) is 0 Å². The van der Waals surface area contributed by atoms with Crippen LogP contribution in [0.2, 0.25) is 0 Å². The molecule has 1 saturated heterocycles. The highest BCUT2D eigenvalue weighted by atomic mass is 16.2. The lowest BCUT2D eigenvalue weighted by molar-refractivity contribution is -0.160. The predicted octanol–water partition coefficient (Wildman–Crippen LogP) is 2.01. The minimum absolute atomic E-state index is 0.0170. The number of hydrogen-bond donors (Lipinski definition) is 0. The molecule has 0 spiro atoms. The van der Waals surface area contributed by atoms with Crippen LogP contribution in [-0.4, -0.2) is 46.0 Å². The van der Waals surface area contributed by atoms with Gasteiger partial charge in [-0.05, 0) is 17.5 Å². The fraction of sp³-hybridized carbons (Fsp3) is 0.375. The van der Waals surface area contributed by atoms with Crippen LogP contribution in [0.1, 0.15) is 31.1 Å². The molecular formula is C16H17N5O4. The number of benzene rings is 1. The maximum atomic E-state index is 12.9. The number of carbonyl (C=O) groups is 4. The number of imide groups is 2. The zero-order chi connectivity index (χ0) is 18.7. The molecule has 0 radical (unpaired) electrons. The van der Waals surface area contributed by atoms with Gasteiger partial charge in [-0.15, -0.1) is 0 Å². The van der Waals surface area contributed by atoms with Crippen molar-refractivity contribution in [1.82, 2.24) is 9.80 Å². The van der Waals surface area contributed by atoms with Crippen LogP contribution in [0.4, 0.5) is 5.69 Å². The second-order valence-corrected chi connectivity index (χ2v) is 5.91. The summed E-state index contributed by atoms with van der Waals surface area (Å²) in [5, 5.41) is 3.45. The second kappa shape index (κ2) is 7.14. The van der Waals surface area contributed by atoms with Crippen LogP contribution < -0.4 is 0 Å². The number of carbonyl (C=O) groups excluding carboxylic acids is 4. The van der Waals surface area contributed by atoms with Gasteiger partial charge in [0.05, 0.1) is 5.69 Å². The van der Waals surface area contributed by atoms with Crippen LogP contribution in [-0.2, 0) is 14.4 Å². The van der Waals surface area contributed by atoms with E-state index in [1.807, 2.05) is 0 Å². The van der Waals surface area contributed by atoms with Gasteiger partial charge < -0.3 is 0 Å². The molecule has 0 unspecified atom stereocenters. The quantitative estimate of drug-likeness (QED) is 0.360. The van der Waals surface area contributed by atoms with Crippen LogP contribution >= 0.6 is 0 Å². The van der Waals surface area contributed by atoms with Gasteiger partial charge in [-0.3, -0.25) is 29.0 Å². The summed E-state index contributed by atoms with van der Waals surface area (Å²) in [6, 6.07) is 4.90. The molecule has 1 atom stereocenters. The summed E-state index contributed by atoms with van der Waals surface area (Å²) < 4.78 is 0. The van der Waals surface area contributed by atoms with E-state index in [2.05, 4.69) is 10.0 Å². The number of nitrogens with zero attached hydrogens (tertiary/aromatic N) is 5. The number of azide groups is 1. The van der Waals surface area contributed by atoms with Gasteiger partial charge in [-0.1, -0.05) is 37.2 Å². The molecule has 25 heavy (non-hydrogen) atoms. The Hall–Kier alpha value is -3.19. The monoisotopic (exact) mass is 343 g/mol. The zero-order valence-electron chi connectivity index (χ0n) is 14.0. The third kappa shape index (κ3) is 3.36.